The number of nitrogens with zero attached hydrogens (tertiary/aromatic N) is 1. The Labute approximate surface area is 136 Å². The first-order valence-corrected chi connectivity index (χ1v) is 8.86. The second-order valence-corrected chi connectivity index (χ2v) is 6.33. The third-order valence-electron chi connectivity index (χ3n) is 4.51. The molecular weight excluding hydrogens is 270 g/mol. The van der Waals surface area contributed by atoms with Gasteiger partial charge in [0.25, 0.3) is 0 Å². The number of hydrogen-bond acceptors (Lipinski definition) is 2. The third-order valence-corrected chi connectivity index (χ3v) is 4.51. The van der Waals surface area contributed by atoms with Gasteiger partial charge in [0, 0.05) is 19.6 Å². The van der Waals surface area contributed by atoms with Crippen LogP contribution < -0.4 is 0 Å². The van der Waals surface area contributed by atoms with E-state index in [0.717, 1.165) is 32.8 Å². The van der Waals surface area contributed by atoms with Gasteiger partial charge in [0.2, 0.25) is 0 Å². The molecule has 0 bridgehead atoms. The number of rotatable bonds is 9. The van der Waals surface area contributed by atoms with Crippen LogP contribution >= 0.6 is 0 Å². The monoisotopic (exact) mass is 301 g/mol. The molecule has 1 aromatic carbocycles. The Balaban J connectivity index is 1.47. The largest absolute Gasteiger partial charge is 0.379 e. The molecule has 2 rings (SSSR count). The lowest BCUT2D eigenvalue weighted by Crippen LogP contribution is -2.36. The summed E-state index contributed by atoms with van der Waals surface area (Å²) >= 11 is 0. The number of unbranched alkanes of at least 4 members (excludes halogenated alkanes) is 3. The van der Waals surface area contributed by atoms with Crippen LogP contribution in [-0.2, 0) is 4.74 Å². The SMILES string of the molecule is CC(CCCCC/C=C/CN1CCOCC1)c1ccccc1. The van der Waals surface area contributed by atoms with Crippen molar-refractivity contribution in [3.05, 3.63) is 48.0 Å². The van der Waals surface area contributed by atoms with Gasteiger partial charge < -0.3 is 4.74 Å². The molecule has 0 radical (unpaired) electrons. The lowest BCUT2D eigenvalue weighted by molar-refractivity contribution is 0.0434. The summed E-state index contributed by atoms with van der Waals surface area (Å²) in [5, 5.41) is 0. The Hall–Kier alpha value is -1.12. The van der Waals surface area contributed by atoms with Crippen LogP contribution in [0.15, 0.2) is 42.5 Å². The van der Waals surface area contributed by atoms with Gasteiger partial charge in [-0.15, -0.1) is 0 Å². The Morgan fingerprint density at radius 3 is 2.59 bits per heavy atom. The highest BCUT2D eigenvalue weighted by Gasteiger charge is 2.07. The van der Waals surface area contributed by atoms with Crippen molar-refractivity contribution in [1.29, 1.82) is 0 Å². The van der Waals surface area contributed by atoms with Crippen molar-refractivity contribution in [3.63, 3.8) is 0 Å². The average molecular weight is 301 g/mol. The van der Waals surface area contributed by atoms with E-state index in [1.165, 1.54) is 37.7 Å². The molecule has 2 heteroatoms. The predicted molar refractivity (Wildman–Crippen MR) is 94.3 cm³/mol. The van der Waals surface area contributed by atoms with E-state index >= 15 is 0 Å². The van der Waals surface area contributed by atoms with E-state index in [0.29, 0.717) is 5.92 Å². The van der Waals surface area contributed by atoms with Crippen LogP contribution in [0.25, 0.3) is 0 Å². The fourth-order valence-electron chi connectivity index (χ4n) is 2.96. The molecule has 0 saturated carbocycles. The fraction of sp³-hybridized carbons (Fsp3) is 0.600. The summed E-state index contributed by atoms with van der Waals surface area (Å²) in [6.45, 7) is 7.40. The van der Waals surface area contributed by atoms with Gasteiger partial charge in [0.05, 0.1) is 13.2 Å². The molecule has 0 aromatic heterocycles. The van der Waals surface area contributed by atoms with Crippen LogP contribution in [-0.4, -0.2) is 37.7 Å². The minimum absolute atomic E-state index is 0.693. The van der Waals surface area contributed by atoms with Crippen molar-refractivity contribution in [1.82, 2.24) is 4.90 Å². The Kier molecular flexibility index (Phi) is 8.29. The summed E-state index contributed by atoms with van der Waals surface area (Å²) in [4.78, 5) is 2.46. The maximum Gasteiger partial charge on any atom is 0.0594 e. The van der Waals surface area contributed by atoms with Gasteiger partial charge in [-0.25, -0.2) is 0 Å². The first kappa shape index (κ1) is 17.2. The van der Waals surface area contributed by atoms with Crippen LogP contribution in [0.2, 0.25) is 0 Å². The van der Waals surface area contributed by atoms with Crippen LogP contribution in [0.4, 0.5) is 0 Å². The summed E-state index contributed by atoms with van der Waals surface area (Å²) in [6, 6.07) is 10.9. The quantitative estimate of drug-likeness (QED) is 0.487. The zero-order chi connectivity index (χ0) is 15.5. The van der Waals surface area contributed by atoms with E-state index in [2.05, 4.69) is 54.3 Å². The molecule has 0 amide bonds. The van der Waals surface area contributed by atoms with Gasteiger partial charge >= 0.3 is 0 Å². The molecule has 1 aliphatic heterocycles. The summed E-state index contributed by atoms with van der Waals surface area (Å²) < 4.78 is 5.36. The zero-order valence-corrected chi connectivity index (χ0v) is 14.0. The van der Waals surface area contributed by atoms with Crippen LogP contribution in [0.1, 0.15) is 50.5 Å². The number of hydrogen-bond donors (Lipinski definition) is 0. The van der Waals surface area contributed by atoms with Crippen molar-refractivity contribution >= 4 is 0 Å². The molecule has 0 aliphatic carbocycles. The lowest BCUT2D eigenvalue weighted by Gasteiger charge is -2.25. The van der Waals surface area contributed by atoms with Gasteiger partial charge in [0.1, 0.15) is 0 Å². The molecule has 2 nitrogen and oxygen atoms in total. The molecule has 22 heavy (non-hydrogen) atoms. The van der Waals surface area contributed by atoms with Gasteiger partial charge in [-0.1, -0.05) is 62.2 Å². The lowest BCUT2D eigenvalue weighted by atomic mass is 9.95. The Bertz CT molecular complexity index is 409. The summed E-state index contributed by atoms with van der Waals surface area (Å²) in [5.41, 5.74) is 1.48. The molecule has 1 atom stereocenters. The van der Waals surface area contributed by atoms with E-state index in [9.17, 15) is 0 Å². The Morgan fingerprint density at radius 1 is 1.05 bits per heavy atom. The van der Waals surface area contributed by atoms with E-state index in [1.807, 2.05) is 0 Å². The van der Waals surface area contributed by atoms with Crippen molar-refractivity contribution in [2.24, 2.45) is 0 Å². The van der Waals surface area contributed by atoms with Crippen LogP contribution in [0.3, 0.4) is 0 Å². The first-order chi connectivity index (χ1) is 10.9. The molecule has 1 aromatic rings. The fourth-order valence-corrected chi connectivity index (χ4v) is 2.96. The van der Waals surface area contributed by atoms with Gasteiger partial charge in [-0.05, 0) is 30.7 Å². The van der Waals surface area contributed by atoms with Crippen molar-refractivity contribution in [2.45, 2.75) is 44.9 Å². The van der Waals surface area contributed by atoms with Gasteiger partial charge in [-0.3, -0.25) is 4.90 Å². The number of benzene rings is 1. The second-order valence-electron chi connectivity index (χ2n) is 6.33. The van der Waals surface area contributed by atoms with Crippen LogP contribution in [0.5, 0.6) is 0 Å². The predicted octanol–water partition coefficient (Wildman–Crippen LogP) is 4.63. The van der Waals surface area contributed by atoms with E-state index < -0.39 is 0 Å². The summed E-state index contributed by atoms with van der Waals surface area (Å²) in [7, 11) is 0. The van der Waals surface area contributed by atoms with Crippen molar-refractivity contribution in [3.8, 4) is 0 Å². The van der Waals surface area contributed by atoms with E-state index in [1.54, 1.807) is 0 Å². The minimum atomic E-state index is 0.693. The molecule has 1 unspecified atom stereocenters. The molecule has 0 N–H and O–H groups in total. The zero-order valence-electron chi connectivity index (χ0n) is 14.0. The molecule has 1 fully saturated rings. The smallest absolute Gasteiger partial charge is 0.0594 e. The van der Waals surface area contributed by atoms with Crippen LogP contribution in [0, 0.1) is 0 Å². The molecule has 1 heterocycles. The average Bonchev–Trinajstić information content (AvgIpc) is 2.59. The van der Waals surface area contributed by atoms with E-state index in [4.69, 9.17) is 4.74 Å². The number of allylic oxidation sites excluding steroid dienone is 1. The number of ether oxygens (including phenoxy) is 1. The first-order valence-electron chi connectivity index (χ1n) is 8.86. The molecule has 1 saturated heterocycles. The van der Waals surface area contributed by atoms with Gasteiger partial charge in [0.15, 0.2) is 0 Å². The van der Waals surface area contributed by atoms with E-state index in [-0.39, 0.29) is 0 Å². The standard InChI is InChI=1S/C20H31NO/c1-19(20-12-8-6-9-13-20)11-7-4-2-3-5-10-14-21-15-17-22-18-16-21/h5-6,8-10,12-13,19H,2-4,7,11,14-18H2,1H3/b10-5+. The highest BCUT2D eigenvalue weighted by Crippen LogP contribution is 2.21. The number of morpholine rings is 1. The summed E-state index contributed by atoms with van der Waals surface area (Å²) in [6.07, 6.45) is 11.2. The van der Waals surface area contributed by atoms with Crippen molar-refractivity contribution in [2.75, 3.05) is 32.8 Å². The van der Waals surface area contributed by atoms with Gasteiger partial charge in [-0.2, -0.15) is 0 Å². The minimum Gasteiger partial charge on any atom is -0.379 e. The highest BCUT2D eigenvalue weighted by atomic mass is 16.5. The maximum atomic E-state index is 5.36. The maximum absolute atomic E-state index is 5.36. The third kappa shape index (κ3) is 6.76. The molecule has 1 aliphatic rings. The normalized spacial score (nSPS) is 17.9. The summed E-state index contributed by atoms with van der Waals surface area (Å²) in [5.74, 6) is 0.693. The molecular formula is C20H31NO. The second kappa shape index (κ2) is 10.6. The molecule has 0 spiro atoms. The topological polar surface area (TPSA) is 12.5 Å². The Morgan fingerprint density at radius 2 is 1.82 bits per heavy atom. The van der Waals surface area contributed by atoms with Crippen molar-refractivity contribution < 1.29 is 4.74 Å². The molecule has 122 valence electrons. The highest BCUT2D eigenvalue weighted by molar-refractivity contribution is 5.18.